The molecule has 0 saturated heterocycles. The molecule has 0 amide bonds. The van der Waals surface area contributed by atoms with Crippen LogP contribution in [0.5, 0.6) is 5.75 Å². The molecule has 0 atom stereocenters. The number of ketones is 1. The predicted molar refractivity (Wildman–Crippen MR) is 76.5 cm³/mol. The van der Waals surface area contributed by atoms with Gasteiger partial charge in [0.05, 0.1) is 13.3 Å². The summed E-state index contributed by atoms with van der Waals surface area (Å²) < 4.78 is 6.92. The van der Waals surface area contributed by atoms with Crippen LogP contribution in [-0.4, -0.2) is 29.2 Å². The molecule has 104 valence electrons. The summed E-state index contributed by atoms with van der Waals surface area (Å²) in [5.41, 5.74) is 3.51. The Morgan fingerprint density at radius 2 is 2.35 bits per heavy atom. The Labute approximate surface area is 117 Å². The van der Waals surface area contributed by atoms with Gasteiger partial charge >= 0.3 is 0 Å². The molecule has 2 heterocycles. The van der Waals surface area contributed by atoms with Crippen LogP contribution in [0.4, 0.5) is 5.69 Å². The lowest BCUT2D eigenvalue weighted by atomic mass is 10.0. The van der Waals surface area contributed by atoms with Crippen molar-refractivity contribution in [3.05, 3.63) is 41.2 Å². The molecule has 0 fully saturated rings. The van der Waals surface area contributed by atoms with E-state index in [4.69, 9.17) is 4.74 Å². The van der Waals surface area contributed by atoms with Gasteiger partial charge in [-0.25, -0.2) is 0 Å². The van der Waals surface area contributed by atoms with Gasteiger partial charge in [0.25, 0.3) is 0 Å². The van der Waals surface area contributed by atoms with Crippen LogP contribution in [0, 0.1) is 0 Å². The van der Waals surface area contributed by atoms with Crippen LogP contribution in [0.25, 0.3) is 0 Å². The number of rotatable bonds is 4. The second-order valence-corrected chi connectivity index (χ2v) is 4.76. The Morgan fingerprint density at radius 3 is 3.10 bits per heavy atom. The highest BCUT2D eigenvalue weighted by atomic mass is 16.5. The van der Waals surface area contributed by atoms with Crippen LogP contribution in [0.2, 0.25) is 0 Å². The summed E-state index contributed by atoms with van der Waals surface area (Å²) in [5.74, 6) is 0.478. The second kappa shape index (κ2) is 5.00. The number of benzene rings is 1. The predicted octanol–water partition coefficient (Wildman–Crippen LogP) is 2.11. The smallest absolute Gasteiger partial charge is 0.214 e. The van der Waals surface area contributed by atoms with Crippen molar-refractivity contribution in [2.45, 2.75) is 19.9 Å². The van der Waals surface area contributed by atoms with Crippen molar-refractivity contribution in [2.24, 2.45) is 0 Å². The molecule has 3 rings (SSSR count). The van der Waals surface area contributed by atoms with Gasteiger partial charge in [0.15, 0.2) is 11.4 Å². The highest BCUT2D eigenvalue weighted by molar-refractivity contribution is 6.09. The third-order valence-electron chi connectivity index (χ3n) is 3.62. The molecule has 0 saturated carbocycles. The van der Waals surface area contributed by atoms with Crippen LogP contribution in [0.1, 0.15) is 28.5 Å². The maximum atomic E-state index is 12.7. The van der Waals surface area contributed by atoms with Gasteiger partial charge in [-0.2, -0.15) is 5.10 Å². The summed E-state index contributed by atoms with van der Waals surface area (Å²) in [6.07, 6.45) is 2.55. The molecule has 1 aromatic carbocycles. The lowest BCUT2D eigenvalue weighted by Gasteiger charge is -2.08. The van der Waals surface area contributed by atoms with Crippen molar-refractivity contribution in [3.63, 3.8) is 0 Å². The van der Waals surface area contributed by atoms with Crippen molar-refractivity contribution in [1.29, 1.82) is 0 Å². The molecule has 0 aliphatic carbocycles. The minimum Gasteiger partial charge on any atom is -0.493 e. The number of carbonyl (C=O) groups is 1. The normalized spacial score (nSPS) is 12.9. The van der Waals surface area contributed by atoms with E-state index in [9.17, 15) is 4.79 Å². The Balaban J connectivity index is 2.02. The van der Waals surface area contributed by atoms with E-state index in [1.54, 1.807) is 18.0 Å². The van der Waals surface area contributed by atoms with E-state index in [0.717, 1.165) is 18.7 Å². The maximum absolute atomic E-state index is 12.7. The number of fused-ring (bicyclic) bond motifs is 1. The fraction of sp³-hybridized carbons (Fsp3) is 0.333. The first-order valence-corrected chi connectivity index (χ1v) is 6.76. The molecule has 0 bridgehead atoms. The van der Waals surface area contributed by atoms with E-state index in [2.05, 4.69) is 10.4 Å². The second-order valence-electron chi connectivity index (χ2n) is 4.76. The molecule has 2 aromatic rings. The number of ether oxygens (including phenoxy) is 1. The van der Waals surface area contributed by atoms with Crippen molar-refractivity contribution in [1.82, 2.24) is 9.78 Å². The van der Waals surface area contributed by atoms with Crippen LogP contribution in [0.3, 0.4) is 0 Å². The van der Waals surface area contributed by atoms with Gasteiger partial charge < -0.3 is 10.1 Å². The number of hydrogen-bond acceptors (Lipinski definition) is 4. The zero-order valence-corrected chi connectivity index (χ0v) is 11.6. The lowest BCUT2D eigenvalue weighted by Crippen LogP contribution is -2.12. The lowest BCUT2D eigenvalue weighted by molar-refractivity contribution is 0.102. The minimum atomic E-state index is -0.0455. The fourth-order valence-electron chi connectivity index (χ4n) is 2.57. The summed E-state index contributed by atoms with van der Waals surface area (Å²) in [4.78, 5) is 12.7. The Hall–Kier alpha value is -2.30. The number of nitrogens with zero attached hydrogens (tertiary/aromatic N) is 2. The van der Waals surface area contributed by atoms with Crippen LogP contribution in [-0.2, 0) is 13.0 Å². The minimum absolute atomic E-state index is 0.0455. The van der Waals surface area contributed by atoms with Crippen LogP contribution < -0.4 is 10.1 Å². The Kier molecular flexibility index (Phi) is 3.18. The Morgan fingerprint density at radius 1 is 1.50 bits per heavy atom. The average Bonchev–Trinajstić information content (AvgIpc) is 3.11. The van der Waals surface area contributed by atoms with Gasteiger partial charge in [0, 0.05) is 24.3 Å². The molecule has 5 heteroatoms. The number of anilines is 1. The summed E-state index contributed by atoms with van der Waals surface area (Å²) in [6, 6.07) is 5.78. The molecule has 1 aromatic heterocycles. The van der Waals surface area contributed by atoms with Gasteiger partial charge in [-0.1, -0.05) is 0 Å². The van der Waals surface area contributed by atoms with Crippen molar-refractivity contribution >= 4 is 11.5 Å². The zero-order valence-electron chi connectivity index (χ0n) is 11.6. The van der Waals surface area contributed by atoms with Gasteiger partial charge in [0.1, 0.15) is 0 Å². The van der Waals surface area contributed by atoms with Gasteiger partial charge in [-0.3, -0.25) is 9.48 Å². The van der Waals surface area contributed by atoms with Crippen molar-refractivity contribution in [2.75, 3.05) is 19.0 Å². The van der Waals surface area contributed by atoms with E-state index >= 15 is 0 Å². The molecule has 1 N–H and O–H groups in total. The van der Waals surface area contributed by atoms with E-state index in [1.165, 1.54) is 5.56 Å². The monoisotopic (exact) mass is 271 g/mol. The number of aromatic nitrogens is 2. The molecule has 0 unspecified atom stereocenters. The van der Waals surface area contributed by atoms with E-state index in [0.29, 0.717) is 23.6 Å². The molecule has 0 radical (unpaired) electrons. The van der Waals surface area contributed by atoms with Crippen molar-refractivity contribution < 1.29 is 9.53 Å². The van der Waals surface area contributed by atoms with E-state index in [1.807, 2.05) is 25.1 Å². The summed E-state index contributed by atoms with van der Waals surface area (Å²) in [6.45, 7) is 3.52. The van der Waals surface area contributed by atoms with Gasteiger partial charge in [-0.05, 0) is 37.1 Å². The first kappa shape index (κ1) is 12.7. The molecule has 1 aliphatic rings. The molecule has 1 aliphatic heterocycles. The third kappa shape index (κ3) is 1.95. The standard InChI is InChI=1S/C15H17N3O2/c1-3-18-14(13(20-2)9-17-18)15(19)11-4-5-12-10(8-11)6-7-16-12/h4-5,8-9,16H,3,6-7H2,1-2H3. The first-order valence-electron chi connectivity index (χ1n) is 6.76. The number of nitrogens with one attached hydrogen (secondary N) is 1. The number of carbonyl (C=O) groups excluding carboxylic acids is 1. The molecule has 0 spiro atoms. The van der Waals surface area contributed by atoms with Crippen LogP contribution >= 0.6 is 0 Å². The summed E-state index contributed by atoms with van der Waals surface area (Å²) in [7, 11) is 1.56. The first-order chi connectivity index (χ1) is 9.74. The topological polar surface area (TPSA) is 56.2 Å². The molecule has 5 nitrogen and oxygen atoms in total. The maximum Gasteiger partial charge on any atom is 0.214 e. The summed E-state index contributed by atoms with van der Waals surface area (Å²) in [5, 5.41) is 7.48. The van der Waals surface area contributed by atoms with Gasteiger partial charge in [-0.15, -0.1) is 0 Å². The SMILES string of the molecule is CCn1ncc(OC)c1C(=O)c1ccc2c(c1)CCN2. The zero-order chi connectivity index (χ0) is 14.1. The van der Waals surface area contributed by atoms with Crippen molar-refractivity contribution in [3.8, 4) is 5.75 Å². The number of hydrogen-bond donors (Lipinski definition) is 1. The molecular formula is C15H17N3O2. The van der Waals surface area contributed by atoms with Gasteiger partial charge in [0.2, 0.25) is 5.78 Å². The molecule has 20 heavy (non-hydrogen) atoms. The number of methoxy groups -OCH3 is 1. The highest BCUT2D eigenvalue weighted by Gasteiger charge is 2.22. The number of aryl methyl sites for hydroxylation is 1. The van der Waals surface area contributed by atoms with Crippen LogP contribution in [0.15, 0.2) is 24.4 Å². The Bertz CT molecular complexity index is 640. The molecular weight excluding hydrogens is 254 g/mol. The largest absolute Gasteiger partial charge is 0.493 e. The quantitative estimate of drug-likeness (QED) is 0.865. The average molecular weight is 271 g/mol. The van der Waals surface area contributed by atoms with E-state index < -0.39 is 0 Å². The fourth-order valence-corrected chi connectivity index (χ4v) is 2.57. The third-order valence-corrected chi connectivity index (χ3v) is 3.62. The van der Waals surface area contributed by atoms with E-state index in [-0.39, 0.29) is 5.78 Å². The summed E-state index contributed by atoms with van der Waals surface area (Å²) >= 11 is 0. The highest BCUT2D eigenvalue weighted by Crippen LogP contribution is 2.26.